The monoisotopic (exact) mass is 392 g/mol. The number of piperidine rings is 1. The van der Waals surface area contributed by atoms with Gasteiger partial charge >= 0.3 is 0 Å². The van der Waals surface area contributed by atoms with Gasteiger partial charge in [-0.25, -0.2) is 0 Å². The average molecular weight is 393 g/mol. The molecule has 2 fully saturated rings. The summed E-state index contributed by atoms with van der Waals surface area (Å²) < 4.78 is 1.06. The van der Waals surface area contributed by atoms with Gasteiger partial charge in [-0.2, -0.15) is 0 Å². The number of nitrogens with one attached hydrogen (secondary N) is 1. The molecular formula is C19H25BrN2O2. The standard InChI is InChI=1S/C19H25BrN2O2/c1-12(2)21-18(23)13-6-8-22(9-7-13)19(24)17-11-16(17)14-4-3-5-15(20)10-14/h3-5,10,12-13,16-17H,6-9,11H2,1-2H3,(H,21,23). The van der Waals surface area contributed by atoms with Crippen LogP contribution < -0.4 is 5.32 Å². The molecule has 1 saturated heterocycles. The third kappa shape index (κ3) is 4.00. The van der Waals surface area contributed by atoms with Crippen molar-refractivity contribution in [1.82, 2.24) is 10.2 Å². The van der Waals surface area contributed by atoms with E-state index in [1.807, 2.05) is 30.9 Å². The van der Waals surface area contributed by atoms with Crippen LogP contribution in [0.5, 0.6) is 0 Å². The van der Waals surface area contributed by atoms with Crippen LogP contribution in [-0.4, -0.2) is 35.8 Å². The molecule has 5 heteroatoms. The van der Waals surface area contributed by atoms with Crippen LogP contribution in [0.4, 0.5) is 0 Å². The molecule has 24 heavy (non-hydrogen) atoms. The third-order valence-corrected chi connectivity index (χ3v) is 5.49. The Morgan fingerprint density at radius 3 is 2.58 bits per heavy atom. The summed E-state index contributed by atoms with van der Waals surface area (Å²) in [5.41, 5.74) is 1.24. The topological polar surface area (TPSA) is 49.4 Å². The highest BCUT2D eigenvalue weighted by molar-refractivity contribution is 9.10. The van der Waals surface area contributed by atoms with Crippen molar-refractivity contribution >= 4 is 27.7 Å². The number of nitrogens with zero attached hydrogens (tertiary/aromatic N) is 1. The fourth-order valence-corrected chi connectivity index (χ4v) is 3.99. The SMILES string of the molecule is CC(C)NC(=O)C1CCN(C(=O)C2CC2c2cccc(Br)c2)CC1. The Balaban J connectivity index is 1.51. The van der Waals surface area contributed by atoms with Crippen molar-refractivity contribution in [2.75, 3.05) is 13.1 Å². The highest BCUT2D eigenvalue weighted by Gasteiger charge is 2.46. The zero-order chi connectivity index (χ0) is 17.3. The normalized spacial score (nSPS) is 24.1. The van der Waals surface area contributed by atoms with E-state index in [4.69, 9.17) is 0 Å². The van der Waals surface area contributed by atoms with Gasteiger partial charge in [-0.1, -0.05) is 28.1 Å². The van der Waals surface area contributed by atoms with E-state index in [1.165, 1.54) is 5.56 Å². The molecule has 0 spiro atoms. The summed E-state index contributed by atoms with van der Waals surface area (Å²) in [6.07, 6.45) is 2.50. The zero-order valence-corrected chi connectivity index (χ0v) is 15.9. The van der Waals surface area contributed by atoms with Gasteiger partial charge < -0.3 is 10.2 Å². The van der Waals surface area contributed by atoms with Crippen molar-refractivity contribution in [3.05, 3.63) is 34.3 Å². The lowest BCUT2D eigenvalue weighted by atomic mass is 9.95. The number of hydrogen-bond acceptors (Lipinski definition) is 2. The van der Waals surface area contributed by atoms with Crippen LogP contribution in [-0.2, 0) is 9.59 Å². The minimum atomic E-state index is 0.0523. The summed E-state index contributed by atoms with van der Waals surface area (Å²) >= 11 is 3.50. The van der Waals surface area contributed by atoms with Crippen LogP contribution in [0.25, 0.3) is 0 Å². The van der Waals surface area contributed by atoms with Gasteiger partial charge in [0, 0.05) is 35.4 Å². The zero-order valence-electron chi connectivity index (χ0n) is 14.3. The first-order valence-corrected chi connectivity index (χ1v) is 9.59. The summed E-state index contributed by atoms with van der Waals surface area (Å²) in [5, 5.41) is 2.98. The predicted molar refractivity (Wildman–Crippen MR) is 97.6 cm³/mol. The second kappa shape index (κ2) is 7.26. The van der Waals surface area contributed by atoms with Crippen molar-refractivity contribution in [1.29, 1.82) is 0 Å². The van der Waals surface area contributed by atoms with Crippen LogP contribution in [0.3, 0.4) is 0 Å². The molecule has 130 valence electrons. The van der Waals surface area contributed by atoms with Crippen LogP contribution in [0.15, 0.2) is 28.7 Å². The molecule has 1 N–H and O–H groups in total. The van der Waals surface area contributed by atoms with E-state index >= 15 is 0 Å². The maximum absolute atomic E-state index is 12.7. The number of carbonyl (C=O) groups is 2. The molecule has 1 aromatic carbocycles. The minimum absolute atomic E-state index is 0.0523. The fourth-order valence-electron chi connectivity index (χ4n) is 3.57. The van der Waals surface area contributed by atoms with E-state index in [2.05, 4.69) is 33.4 Å². The molecule has 3 rings (SSSR count). The molecule has 0 aromatic heterocycles. The van der Waals surface area contributed by atoms with E-state index < -0.39 is 0 Å². The molecule has 1 aromatic rings. The number of hydrogen-bond donors (Lipinski definition) is 1. The quantitative estimate of drug-likeness (QED) is 0.853. The van der Waals surface area contributed by atoms with Gasteiger partial charge in [-0.3, -0.25) is 9.59 Å². The Morgan fingerprint density at radius 1 is 1.25 bits per heavy atom. The predicted octanol–water partition coefficient (Wildman–Crippen LogP) is 3.32. The number of rotatable bonds is 4. The maximum atomic E-state index is 12.7. The molecule has 0 bridgehead atoms. The lowest BCUT2D eigenvalue weighted by Gasteiger charge is -2.32. The van der Waals surface area contributed by atoms with Crippen molar-refractivity contribution in [2.24, 2.45) is 11.8 Å². The lowest BCUT2D eigenvalue weighted by Crippen LogP contribution is -2.44. The largest absolute Gasteiger partial charge is 0.354 e. The van der Waals surface area contributed by atoms with Gasteiger partial charge in [0.1, 0.15) is 0 Å². The van der Waals surface area contributed by atoms with Crippen LogP contribution in [0.2, 0.25) is 0 Å². The van der Waals surface area contributed by atoms with Crippen molar-refractivity contribution < 1.29 is 9.59 Å². The minimum Gasteiger partial charge on any atom is -0.354 e. The van der Waals surface area contributed by atoms with Crippen molar-refractivity contribution in [2.45, 2.75) is 45.1 Å². The number of benzene rings is 1. The Morgan fingerprint density at radius 2 is 1.96 bits per heavy atom. The molecule has 2 amide bonds. The molecule has 4 nitrogen and oxygen atoms in total. The molecule has 2 unspecified atom stereocenters. The van der Waals surface area contributed by atoms with Crippen molar-refractivity contribution in [3.63, 3.8) is 0 Å². The Kier molecular flexibility index (Phi) is 5.28. The lowest BCUT2D eigenvalue weighted by molar-refractivity contribution is -0.136. The molecule has 1 aliphatic carbocycles. The number of likely N-dealkylation sites (tertiary alicyclic amines) is 1. The Labute approximate surface area is 152 Å². The van der Waals surface area contributed by atoms with Crippen LogP contribution in [0.1, 0.15) is 44.6 Å². The molecule has 1 aliphatic heterocycles. The summed E-state index contributed by atoms with van der Waals surface area (Å²) in [6, 6.07) is 8.42. The molecule has 0 radical (unpaired) electrons. The van der Waals surface area contributed by atoms with Crippen molar-refractivity contribution in [3.8, 4) is 0 Å². The number of halogens is 1. The second-order valence-corrected chi connectivity index (χ2v) is 8.18. The fraction of sp³-hybridized carbons (Fsp3) is 0.579. The molecule has 1 saturated carbocycles. The summed E-state index contributed by atoms with van der Waals surface area (Å²) in [6.45, 7) is 5.37. The Hall–Kier alpha value is -1.36. The average Bonchev–Trinajstić information content (AvgIpc) is 3.34. The maximum Gasteiger partial charge on any atom is 0.226 e. The number of carbonyl (C=O) groups excluding carboxylic acids is 2. The van der Waals surface area contributed by atoms with Gasteiger partial charge in [0.25, 0.3) is 0 Å². The van der Waals surface area contributed by atoms with E-state index in [1.54, 1.807) is 0 Å². The van der Waals surface area contributed by atoms with E-state index in [0.29, 0.717) is 19.0 Å². The molecule has 2 atom stereocenters. The Bertz CT molecular complexity index is 624. The molecule has 2 aliphatic rings. The van der Waals surface area contributed by atoms with Gasteiger partial charge in [-0.05, 0) is 56.7 Å². The first kappa shape index (κ1) is 17.5. The van der Waals surface area contributed by atoms with Crippen LogP contribution >= 0.6 is 15.9 Å². The first-order valence-electron chi connectivity index (χ1n) is 8.80. The van der Waals surface area contributed by atoms with Gasteiger partial charge in [0.15, 0.2) is 0 Å². The second-order valence-electron chi connectivity index (χ2n) is 7.27. The molecule has 1 heterocycles. The van der Waals surface area contributed by atoms with E-state index in [9.17, 15) is 9.59 Å². The highest BCUT2D eigenvalue weighted by Crippen LogP contribution is 2.49. The summed E-state index contributed by atoms with van der Waals surface area (Å²) in [5.74, 6) is 0.937. The van der Waals surface area contributed by atoms with Gasteiger partial charge in [-0.15, -0.1) is 0 Å². The third-order valence-electron chi connectivity index (χ3n) is 4.99. The van der Waals surface area contributed by atoms with E-state index in [0.717, 1.165) is 23.7 Å². The van der Waals surface area contributed by atoms with E-state index in [-0.39, 0.29) is 29.7 Å². The molecular weight excluding hydrogens is 368 g/mol. The number of amides is 2. The summed E-state index contributed by atoms with van der Waals surface area (Å²) in [7, 11) is 0. The van der Waals surface area contributed by atoms with Gasteiger partial charge in [0.2, 0.25) is 11.8 Å². The highest BCUT2D eigenvalue weighted by atomic mass is 79.9. The van der Waals surface area contributed by atoms with Gasteiger partial charge in [0.05, 0.1) is 0 Å². The smallest absolute Gasteiger partial charge is 0.226 e. The first-order chi connectivity index (χ1) is 11.5. The summed E-state index contributed by atoms with van der Waals surface area (Å²) in [4.78, 5) is 26.7. The van der Waals surface area contributed by atoms with Crippen LogP contribution in [0, 0.1) is 11.8 Å².